The molecule has 0 bridgehead atoms. The summed E-state index contributed by atoms with van der Waals surface area (Å²) in [6.07, 6.45) is 2.41. The molecule has 1 saturated heterocycles. The molecule has 0 unspecified atom stereocenters. The van der Waals surface area contributed by atoms with Gasteiger partial charge in [0.15, 0.2) is 0 Å². The van der Waals surface area contributed by atoms with Crippen LogP contribution in [-0.2, 0) is 4.74 Å². The normalized spacial score (nSPS) is 13.1. The summed E-state index contributed by atoms with van der Waals surface area (Å²) in [6.45, 7) is 5.85. The van der Waals surface area contributed by atoms with E-state index in [-0.39, 0.29) is 17.2 Å². The second-order valence-electron chi connectivity index (χ2n) is 10.4. The van der Waals surface area contributed by atoms with Crippen molar-refractivity contribution in [1.29, 1.82) is 0 Å². The average Bonchev–Trinajstić information content (AvgIpc) is 2.98. The summed E-state index contributed by atoms with van der Waals surface area (Å²) >= 11 is 0. The number of morpholine rings is 1. The zero-order valence-electron chi connectivity index (χ0n) is 24.4. The number of rotatable bonds is 11. The van der Waals surface area contributed by atoms with Crippen molar-refractivity contribution in [2.24, 2.45) is 0 Å². The van der Waals surface area contributed by atoms with Crippen molar-refractivity contribution in [3.63, 3.8) is 0 Å². The second-order valence-corrected chi connectivity index (χ2v) is 10.4. The number of nitrogens with zero attached hydrogens (tertiary/aromatic N) is 5. The van der Waals surface area contributed by atoms with Crippen LogP contribution in [0.25, 0.3) is 0 Å². The number of ether oxygens (including phenoxy) is 1. The largest absolute Gasteiger partial charge is 0.378 e. The highest BCUT2D eigenvalue weighted by Crippen LogP contribution is 2.32. The molecule has 2 amide bonds. The molecule has 0 spiro atoms. The SMILES string of the molecule is Cc1ccc(NC(=O)c2ccnc(N3CCOCC3)c2)cc1NC(=O)c1cccc(N(C)CCCN(C)C)c1[N+](=O)[O-]. The number of carbonyl (C=O) groups is 2. The third kappa shape index (κ3) is 7.59. The maximum atomic E-state index is 13.4. The lowest BCUT2D eigenvalue weighted by molar-refractivity contribution is -0.384. The van der Waals surface area contributed by atoms with Gasteiger partial charge in [0.2, 0.25) is 0 Å². The molecule has 4 rings (SSSR count). The van der Waals surface area contributed by atoms with Crippen molar-refractivity contribution >= 4 is 40.4 Å². The maximum absolute atomic E-state index is 13.4. The second kappa shape index (κ2) is 13.9. The Morgan fingerprint density at radius 2 is 1.79 bits per heavy atom. The lowest BCUT2D eigenvalue weighted by atomic mass is 10.1. The van der Waals surface area contributed by atoms with Gasteiger partial charge in [-0.05, 0) is 75.9 Å². The smallest absolute Gasteiger partial charge is 0.305 e. The number of hydrogen-bond donors (Lipinski definition) is 2. The third-order valence-electron chi connectivity index (χ3n) is 7.04. The van der Waals surface area contributed by atoms with E-state index in [1.807, 2.05) is 25.9 Å². The molecule has 0 aliphatic carbocycles. The van der Waals surface area contributed by atoms with Crippen LogP contribution in [0.3, 0.4) is 0 Å². The molecule has 222 valence electrons. The number of amides is 2. The van der Waals surface area contributed by atoms with Gasteiger partial charge >= 0.3 is 5.69 Å². The third-order valence-corrected chi connectivity index (χ3v) is 7.04. The van der Waals surface area contributed by atoms with Gasteiger partial charge in [-0.1, -0.05) is 12.1 Å². The average molecular weight is 576 g/mol. The van der Waals surface area contributed by atoms with Crippen LogP contribution in [0.1, 0.15) is 32.7 Å². The molecule has 0 atom stereocenters. The van der Waals surface area contributed by atoms with Crippen molar-refractivity contribution in [1.82, 2.24) is 9.88 Å². The van der Waals surface area contributed by atoms with E-state index < -0.39 is 10.8 Å². The fourth-order valence-corrected chi connectivity index (χ4v) is 4.71. The summed E-state index contributed by atoms with van der Waals surface area (Å²) in [6, 6.07) is 13.2. The summed E-state index contributed by atoms with van der Waals surface area (Å²) in [5.74, 6) is -0.232. The van der Waals surface area contributed by atoms with Crippen LogP contribution in [0.2, 0.25) is 0 Å². The summed E-state index contributed by atoms with van der Waals surface area (Å²) < 4.78 is 5.39. The van der Waals surface area contributed by atoms with Crippen molar-refractivity contribution in [2.75, 3.05) is 81.0 Å². The number of aryl methyl sites for hydroxylation is 1. The Morgan fingerprint density at radius 3 is 2.50 bits per heavy atom. The first-order valence-corrected chi connectivity index (χ1v) is 13.8. The van der Waals surface area contributed by atoms with E-state index in [4.69, 9.17) is 4.74 Å². The summed E-state index contributed by atoms with van der Waals surface area (Å²) in [7, 11) is 5.72. The van der Waals surface area contributed by atoms with Crippen LogP contribution >= 0.6 is 0 Å². The summed E-state index contributed by atoms with van der Waals surface area (Å²) in [5, 5.41) is 17.8. The molecule has 0 saturated carbocycles. The molecular weight excluding hydrogens is 538 g/mol. The topological polar surface area (TPSA) is 133 Å². The molecule has 1 aliphatic rings. The monoisotopic (exact) mass is 575 g/mol. The fraction of sp³-hybridized carbons (Fsp3) is 0.367. The van der Waals surface area contributed by atoms with E-state index in [0.29, 0.717) is 61.3 Å². The quantitative estimate of drug-likeness (QED) is 0.257. The standard InChI is InChI=1S/C30H37N7O5/c1-21-9-10-23(32-29(38)22-11-12-31-27(19-22)36-15-17-42-18-16-36)20-25(21)33-30(39)24-7-5-8-26(28(24)37(40)41)35(4)14-6-13-34(2)3/h5,7-12,19-20H,6,13-18H2,1-4H3,(H,32,38)(H,33,39). The highest BCUT2D eigenvalue weighted by atomic mass is 16.6. The molecule has 12 heteroatoms. The van der Waals surface area contributed by atoms with Gasteiger partial charge in [0.05, 0.1) is 18.1 Å². The zero-order chi connectivity index (χ0) is 30.2. The molecule has 0 radical (unpaired) electrons. The number of nitro benzene ring substituents is 1. The number of pyridine rings is 1. The van der Waals surface area contributed by atoms with E-state index in [2.05, 4.69) is 20.5 Å². The Kier molecular flexibility index (Phi) is 10.0. The molecule has 1 aromatic heterocycles. The van der Waals surface area contributed by atoms with Crippen LogP contribution < -0.4 is 20.4 Å². The number of aromatic nitrogens is 1. The first kappa shape index (κ1) is 30.4. The number of anilines is 4. The van der Waals surface area contributed by atoms with Crippen molar-refractivity contribution < 1.29 is 19.2 Å². The Hall–Kier alpha value is -4.55. The summed E-state index contributed by atoms with van der Waals surface area (Å²) in [5.41, 5.74) is 2.16. The first-order chi connectivity index (χ1) is 20.1. The van der Waals surface area contributed by atoms with Gasteiger partial charge in [0.1, 0.15) is 17.1 Å². The minimum absolute atomic E-state index is 0.0433. The van der Waals surface area contributed by atoms with Crippen LogP contribution in [-0.4, -0.2) is 87.2 Å². The van der Waals surface area contributed by atoms with E-state index in [1.165, 1.54) is 6.07 Å². The minimum atomic E-state index is -0.610. The maximum Gasteiger partial charge on any atom is 0.305 e. The Labute approximate surface area is 245 Å². The van der Waals surface area contributed by atoms with Crippen molar-refractivity contribution in [3.05, 3.63) is 81.5 Å². The lowest BCUT2D eigenvalue weighted by Crippen LogP contribution is -2.36. The predicted molar refractivity (Wildman–Crippen MR) is 164 cm³/mol. The van der Waals surface area contributed by atoms with Crippen molar-refractivity contribution in [2.45, 2.75) is 13.3 Å². The molecule has 3 aromatic rings. The van der Waals surface area contributed by atoms with E-state index >= 15 is 0 Å². The molecule has 2 aromatic carbocycles. The minimum Gasteiger partial charge on any atom is -0.378 e. The molecule has 1 fully saturated rings. The molecule has 2 N–H and O–H groups in total. The number of hydrogen-bond acceptors (Lipinski definition) is 9. The van der Waals surface area contributed by atoms with Gasteiger partial charge in [-0.2, -0.15) is 0 Å². The predicted octanol–water partition coefficient (Wildman–Crippen LogP) is 4.03. The van der Waals surface area contributed by atoms with Crippen LogP contribution in [0.5, 0.6) is 0 Å². The van der Waals surface area contributed by atoms with Gasteiger partial charge in [-0.15, -0.1) is 0 Å². The van der Waals surface area contributed by atoms with Crippen LogP contribution in [0.15, 0.2) is 54.7 Å². The first-order valence-electron chi connectivity index (χ1n) is 13.8. The van der Waals surface area contributed by atoms with Gasteiger partial charge in [-0.3, -0.25) is 19.7 Å². The van der Waals surface area contributed by atoms with Crippen molar-refractivity contribution in [3.8, 4) is 0 Å². The molecule has 12 nitrogen and oxygen atoms in total. The van der Waals surface area contributed by atoms with Gasteiger partial charge in [0, 0.05) is 49.8 Å². The van der Waals surface area contributed by atoms with Crippen LogP contribution in [0, 0.1) is 17.0 Å². The number of benzene rings is 2. The Bertz CT molecular complexity index is 1440. The molecular formula is C30H37N7O5. The Morgan fingerprint density at radius 1 is 1.02 bits per heavy atom. The lowest BCUT2D eigenvalue weighted by Gasteiger charge is -2.27. The van der Waals surface area contributed by atoms with Gasteiger partial charge in [-0.25, -0.2) is 4.98 Å². The highest BCUT2D eigenvalue weighted by Gasteiger charge is 2.27. The van der Waals surface area contributed by atoms with Gasteiger partial charge < -0.3 is 30.1 Å². The molecule has 42 heavy (non-hydrogen) atoms. The number of nitrogens with one attached hydrogen (secondary N) is 2. The highest BCUT2D eigenvalue weighted by molar-refractivity contribution is 6.09. The van der Waals surface area contributed by atoms with E-state index in [1.54, 1.807) is 60.6 Å². The van der Waals surface area contributed by atoms with Crippen LogP contribution in [0.4, 0.5) is 28.6 Å². The van der Waals surface area contributed by atoms with E-state index in [0.717, 1.165) is 18.5 Å². The van der Waals surface area contributed by atoms with E-state index in [9.17, 15) is 19.7 Å². The summed E-state index contributed by atoms with van der Waals surface area (Å²) in [4.78, 5) is 48.3. The molecule has 1 aliphatic heterocycles. The number of nitro groups is 1. The number of carbonyl (C=O) groups excluding carboxylic acids is 2. The molecule has 2 heterocycles. The fourth-order valence-electron chi connectivity index (χ4n) is 4.71. The number of para-hydroxylation sites is 1. The van der Waals surface area contributed by atoms with Gasteiger partial charge in [0.25, 0.3) is 11.8 Å². The Balaban J connectivity index is 1.50. The zero-order valence-corrected chi connectivity index (χ0v) is 24.4.